The van der Waals surface area contributed by atoms with Gasteiger partial charge in [-0.1, -0.05) is 105 Å². The van der Waals surface area contributed by atoms with Gasteiger partial charge in [-0.2, -0.15) is 0 Å². The fourth-order valence-corrected chi connectivity index (χ4v) is 5.45. The van der Waals surface area contributed by atoms with Crippen LogP contribution in [-0.4, -0.2) is 83.2 Å². The van der Waals surface area contributed by atoms with Gasteiger partial charge in [-0.25, -0.2) is 4.79 Å². The Kier molecular flexibility index (Phi) is 15.9. The number of nitrogens with two attached hydrogens (primary N) is 1. The molecule has 272 valence electrons. The number of benzene rings is 3. The molecule has 0 heterocycles. The van der Waals surface area contributed by atoms with Crippen LogP contribution in [0, 0.1) is 5.92 Å². The van der Waals surface area contributed by atoms with Gasteiger partial charge in [0.2, 0.25) is 11.8 Å². The van der Waals surface area contributed by atoms with Crippen LogP contribution in [0.2, 0.25) is 0 Å². The molecule has 11 nitrogen and oxygen atoms in total. The maximum absolute atomic E-state index is 13.7. The highest BCUT2D eigenvalue weighted by Crippen LogP contribution is 2.12. The molecule has 0 radical (unpaired) electrons. The Labute approximate surface area is 296 Å². The summed E-state index contributed by atoms with van der Waals surface area (Å²) in [5.74, 6) is -1.14. The predicted molar refractivity (Wildman–Crippen MR) is 195 cm³/mol. The average Bonchev–Trinajstić information content (AvgIpc) is 3.06. The van der Waals surface area contributed by atoms with Gasteiger partial charge in [-0.05, 0) is 62.6 Å². The highest BCUT2D eigenvalue weighted by atomic mass is 16.6. The first kappa shape index (κ1) is 40.1. The molecule has 8 N–H and O–H groups in total. The predicted octanol–water partition coefficient (Wildman–Crippen LogP) is 2.87. The molecule has 6 atom stereocenters. The molecule has 50 heavy (non-hydrogen) atoms. The van der Waals surface area contributed by atoms with Crippen LogP contribution in [-0.2, 0) is 33.6 Å². The van der Waals surface area contributed by atoms with Gasteiger partial charge < -0.3 is 42.0 Å². The molecule has 0 aliphatic heterocycles. The molecule has 0 fully saturated rings. The van der Waals surface area contributed by atoms with E-state index in [9.17, 15) is 24.6 Å². The number of amides is 3. The van der Waals surface area contributed by atoms with E-state index >= 15 is 0 Å². The van der Waals surface area contributed by atoms with Crippen LogP contribution in [0.25, 0.3) is 0 Å². The van der Waals surface area contributed by atoms with E-state index in [-0.39, 0.29) is 19.0 Å². The van der Waals surface area contributed by atoms with E-state index in [1.807, 2.05) is 105 Å². The number of rotatable bonds is 18. The monoisotopic (exact) mass is 689 g/mol. The fourth-order valence-electron chi connectivity index (χ4n) is 5.45. The number of nitrogens with one attached hydrogen (secondary N) is 4. The molecular formula is C39H55N5O6. The number of carbonyl (C=O) groups excluding carboxylic acids is 3. The molecule has 0 saturated carbocycles. The Morgan fingerprint density at radius 2 is 1.08 bits per heavy atom. The minimum absolute atomic E-state index is 0.0278. The quantitative estimate of drug-likeness (QED) is 0.107. The normalized spacial score (nSPS) is 15.2. The van der Waals surface area contributed by atoms with Crippen LogP contribution >= 0.6 is 0 Å². The van der Waals surface area contributed by atoms with E-state index in [4.69, 9.17) is 10.5 Å². The van der Waals surface area contributed by atoms with E-state index in [0.29, 0.717) is 19.3 Å². The lowest BCUT2D eigenvalue weighted by Crippen LogP contribution is -2.58. The number of hydrogen-bond donors (Lipinski definition) is 7. The van der Waals surface area contributed by atoms with Crippen molar-refractivity contribution in [1.29, 1.82) is 0 Å². The van der Waals surface area contributed by atoms with E-state index in [1.165, 1.54) is 0 Å². The summed E-state index contributed by atoms with van der Waals surface area (Å²) in [6.07, 6.45) is -1.74. The zero-order valence-corrected chi connectivity index (χ0v) is 29.8. The van der Waals surface area contributed by atoms with Crippen molar-refractivity contribution in [1.82, 2.24) is 21.3 Å². The highest BCUT2D eigenvalue weighted by Gasteiger charge is 2.31. The van der Waals surface area contributed by atoms with Gasteiger partial charge in [0.25, 0.3) is 0 Å². The van der Waals surface area contributed by atoms with Crippen LogP contribution in [0.1, 0.15) is 51.3 Å². The zero-order chi connectivity index (χ0) is 36.7. The van der Waals surface area contributed by atoms with Crippen LogP contribution in [0.3, 0.4) is 0 Å². The topological polar surface area (TPSA) is 175 Å². The first-order chi connectivity index (χ1) is 23.7. The Bertz CT molecular complexity index is 1450. The van der Waals surface area contributed by atoms with E-state index in [2.05, 4.69) is 21.3 Å². The zero-order valence-electron chi connectivity index (χ0n) is 29.8. The van der Waals surface area contributed by atoms with E-state index < -0.39 is 59.9 Å². The summed E-state index contributed by atoms with van der Waals surface area (Å²) in [6, 6.07) is 25.2. The van der Waals surface area contributed by atoms with Gasteiger partial charge in [-0.15, -0.1) is 0 Å². The number of aliphatic hydroxyl groups is 2. The van der Waals surface area contributed by atoms with Crippen molar-refractivity contribution in [2.45, 2.75) is 95.9 Å². The largest absolute Gasteiger partial charge is 0.444 e. The summed E-state index contributed by atoms with van der Waals surface area (Å²) >= 11 is 0. The number of hydrogen-bond acceptors (Lipinski definition) is 8. The summed E-state index contributed by atoms with van der Waals surface area (Å²) in [5.41, 5.74) is 8.23. The van der Waals surface area contributed by atoms with E-state index in [1.54, 1.807) is 20.8 Å². The van der Waals surface area contributed by atoms with Gasteiger partial charge in [-0.3, -0.25) is 9.59 Å². The van der Waals surface area contributed by atoms with Gasteiger partial charge in [0, 0.05) is 13.1 Å². The van der Waals surface area contributed by atoms with E-state index in [0.717, 1.165) is 16.7 Å². The van der Waals surface area contributed by atoms with Gasteiger partial charge in [0.15, 0.2) is 0 Å². The van der Waals surface area contributed by atoms with Crippen LogP contribution < -0.4 is 27.0 Å². The molecule has 3 amide bonds. The second-order valence-electron chi connectivity index (χ2n) is 14.1. The molecule has 11 heteroatoms. The second kappa shape index (κ2) is 19.8. The molecule has 3 aromatic carbocycles. The Morgan fingerprint density at radius 1 is 0.660 bits per heavy atom. The Morgan fingerprint density at radius 3 is 1.50 bits per heavy atom. The molecular weight excluding hydrogens is 634 g/mol. The number of aliphatic hydroxyl groups excluding tert-OH is 2. The fraction of sp³-hybridized carbons (Fsp3) is 0.462. The third-order valence-electron chi connectivity index (χ3n) is 8.14. The van der Waals surface area contributed by atoms with Gasteiger partial charge in [0.1, 0.15) is 11.6 Å². The third-order valence-corrected chi connectivity index (χ3v) is 8.14. The van der Waals surface area contributed by atoms with Crippen molar-refractivity contribution >= 4 is 17.9 Å². The minimum Gasteiger partial charge on any atom is -0.444 e. The average molecular weight is 690 g/mol. The Balaban J connectivity index is 1.67. The van der Waals surface area contributed by atoms with Crippen LogP contribution in [0.4, 0.5) is 4.79 Å². The van der Waals surface area contributed by atoms with Crippen LogP contribution in [0.5, 0.6) is 0 Å². The number of ether oxygens (including phenoxy) is 1. The lowest BCUT2D eigenvalue weighted by atomic mass is 9.97. The number of carbonyl (C=O) groups is 3. The van der Waals surface area contributed by atoms with Crippen molar-refractivity contribution in [2.75, 3.05) is 13.1 Å². The molecule has 3 rings (SSSR count). The molecule has 0 saturated heterocycles. The summed E-state index contributed by atoms with van der Waals surface area (Å²) in [6.45, 7) is 9.02. The standard InChI is InChI=1S/C39H55N5O6/c1-26(2)35(44-36(47)30(40)21-27-15-9-6-10-16-27)37(48)42-31(22-28-17-11-7-12-18-28)33(45)24-41-25-34(46)32(23-29-19-13-8-14-20-29)43-38(49)50-39(3,4)5/h6-20,26,30-35,41,45-46H,21-25,40H2,1-5H3,(H,42,48)(H,43,49)(H,44,47)/t30-,31-,32-,33+,34+,35-/m0/s1. The number of alkyl carbamates (subject to hydrolysis) is 1. The minimum atomic E-state index is -1.07. The smallest absolute Gasteiger partial charge is 0.407 e. The molecule has 0 aliphatic carbocycles. The maximum Gasteiger partial charge on any atom is 0.407 e. The molecule has 0 spiro atoms. The Hall–Kier alpha value is -4.29. The van der Waals surface area contributed by atoms with Gasteiger partial charge in [0.05, 0.1) is 30.3 Å². The van der Waals surface area contributed by atoms with Crippen molar-refractivity contribution in [3.8, 4) is 0 Å². The summed E-state index contributed by atoms with van der Waals surface area (Å²) in [5, 5.41) is 34.2. The van der Waals surface area contributed by atoms with Crippen molar-refractivity contribution in [3.05, 3.63) is 108 Å². The van der Waals surface area contributed by atoms with Crippen molar-refractivity contribution in [2.24, 2.45) is 11.7 Å². The third kappa shape index (κ3) is 14.3. The van der Waals surface area contributed by atoms with Crippen molar-refractivity contribution in [3.63, 3.8) is 0 Å². The molecule has 3 aromatic rings. The van der Waals surface area contributed by atoms with Gasteiger partial charge >= 0.3 is 6.09 Å². The molecule has 0 aliphatic rings. The SMILES string of the molecule is CC(C)[C@H](NC(=O)[C@@H](N)Cc1ccccc1)C(=O)N[C@@H](Cc1ccccc1)[C@H](O)CNC[C@@H](O)[C@H](Cc1ccccc1)NC(=O)OC(C)(C)C. The first-order valence-corrected chi connectivity index (χ1v) is 17.3. The summed E-state index contributed by atoms with van der Waals surface area (Å²) in [4.78, 5) is 39.3. The molecule has 0 bridgehead atoms. The first-order valence-electron chi connectivity index (χ1n) is 17.3. The molecule has 0 aromatic heterocycles. The lowest BCUT2D eigenvalue weighted by Gasteiger charge is -2.30. The summed E-state index contributed by atoms with van der Waals surface area (Å²) < 4.78 is 5.43. The second-order valence-corrected chi connectivity index (χ2v) is 14.1. The maximum atomic E-state index is 13.7. The highest BCUT2D eigenvalue weighted by molar-refractivity contribution is 5.90. The lowest BCUT2D eigenvalue weighted by molar-refractivity contribution is -0.131. The summed E-state index contributed by atoms with van der Waals surface area (Å²) in [7, 11) is 0. The molecule has 0 unspecified atom stereocenters. The van der Waals surface area contributed by atoms with Crippen molar-refractivity contribution < 1.29 is 29.3 Å². The van der Waals surface area contributed by atoms with Crippen LogP contribution in [0.15, 0.2) is 91.0 Å².